The molecule has 0 radical (unpaired) electrons. The molecule has 0 aliphatic carbocycles. The first-order chi connectivity index (χ1) is 21.3. The molecule has 1 aromatic carbocycles. The van der Waals surface area contributed by atoms with Gasteiger partial charge in [-0.2, -0.15) is 13.2 Å². The molecule has 2 aliphatic rings. The molecule has 3 amide bonds. The number of hydrogen-bond donors (Lipinski definition) is 2. The van der Waals surface area contributed by atoms with Gasteiger partial charge in [-0.25, -0.2) is 9.97 Å². The number of piperidine rings is 1. The number of pyridine rings is 1. The second-order valence-electron chi connectivity index (χ2n) is 11.3. The fourth-order valence-corrected chi connectivity index (χ4v) is 5.83. The molecular weight excluding hydrogens is 613 g/mol. The second kappa shape index (κ2) is 13.1. The average Bonchev–Trinajstić information content (AvgIpc) is 3.41. The molecule has 11 nitrogen and oxygen atoms in total. The zero-order valence-electron chi connectivity index (χ0n) is 25.1. The Balaban J connectivity index is 1.25. The van der Waals surface area contributed by atoms with Crippen molar-refractivity contribution in [2.24, 2.45) is 13.0 Å². The van der Waals surface area contributed by atoms with Gasteiger partial charge in [0.2, 0.25) is 5.91 Å². The highest BCUT2D eigenvalue weighted by molar-refractivity contribution is 6.34. The summed E-state index contributed by atoms with van der Waals surface area (Å²) in [6.07, 6.45) is -1.91. The summed E-state index contributed by atoms with van der Waals surface area (Å²) in [4.78, 5) is 51.9. The molecule has 240 valence electrons. The van der Waals surface area contributed by atoms with Crippen LogP contribution in [0.5, 0.6) is 0 Å². The SMILES string of the molecule is CN(C)c1ccc(-c2cnc(C(=O)Nc3ccc(C(=O)N4CCN(C(=O)C5CCNCC5)CC4)c(Cl)c3)n2C)c(C(F)(F)F)n1. The minimum Gasteiger partial charge on any atom is -0.363 e. The zero-order valence-corrected chi connectivity index (χ0v) is 25.9. The number of carbonyl (C=O) groups excluding carboxylic acids is 3. The van der Waals surface area contributed by atoms with E-state index in [0.29, 0.717) is 26.2 Å². The van der Waals surface area contributed by atoms with Crippen LogP contribution in [-0.4, -0.2) is 95.4 Å². The molecule has 2 aromatic heterocycles. The van der Waals surface area contributed by atoms with Crippen molar-refractivity contribution in [3.63, 3.8) is 0 Å². The van der Waals surface area contributed by atoms with Crippen LogP contribution in [0.2, 0.25) is 5.02 Å². The van der Waals surface area contributed by atoms with E-state index >= 15 is 0 Å². The van der Waals surface area contributed by atoms with Gasteiger partial charge in [0.05, 0.1) is 22.5 Å². The van der Waals surface area contributed by atoms with Crippen LogP contribution < -0.4 is 15.5 Å². The van der Waals surface area contributed by atoms with E-state index in [0.717, 1.165) is 25.9 Å². The quantitative estimate of drug-likeness (QED) is 0.419. The fraction of sp³-hybridized carbons (Fsp3) is 0.433. The smallest absolute Gasteiger partial charge is 0.363 e. The standard InChI is InChI=1S/C30H34ClF3N8O3/c1-39(2)24-7-6-21(25(38-24)30(32,33)34)23-17-36-26(40(23)3)27(43)37-19-4-5-20(22(31)16-19)29(45)42-14-12-41(13-15-42)28(44)18-8-10-35-11-9-18/h4-7,16-18,35H,8-15H2,1-3H3,(H,37,43). The number of anilines is 2. The molecule has 3 aromatic rings. The largest absolute Gasteiger partial charge is 0.434 e. The van der Waals surface area contributed by atoms with Crippen LogP contribution in [0, 0.1) is 5.92 Å². The van der Waals surface area contributed by atoms with Crippen LogP contribution in [0.3, 0.4) is 0 Å². The summed E-state index contributed by atoms with van der Waals surface area (Å²) in [6, 6.07) is 7.20. The van der Waals surface area contributed by atoms with Crippen molar-refractivity contribution in [1.82, 2.24) is 29.7 Å². The number of nitrogens with zero attached hydrogens (tertiary/aromatic N) is 6. The number of halogens is 4. The van der Waals surface area contributed by atoms with Crippen molar-refractivity contribution in [3.8, 4) is 11.3 Å². The summed E-state index contributed by atoms with van der Waals surface area (Å²) in [6.45, 7) is 3.33. The van der Waals surface area contributed by atoms with E-state index in [1.807, 2.05) is 4.90 Å². The van der Waals surface area contributed by atoms with E-state index in [4.69, 9.17) is 11.6 Å². The molecule has 0 saturated carbocycles. The summed E-state index contributed by atoms with van der Waals surface area (Å²) in [5.41, 5.74) is -0.728. The van der Waals surface area contributed by atoms with Crippen LogP contribution in [0.4, 0.5) is 24.7 Å². The molecule has 2 fully saturated rings. The first-order valence-corrected chi connectivity index (χ1v) is 14.9. The molecular formula is C30H34ClF3N8O3. The number of imidazole rings is 1. The number of hydrogen-bond acceptors (Lipinski definition) is 7. The summed E-state index contributed by atoms with van der Waals surface area (Å²) in [7, 11) is 4.61. The highest BCUT2D eigenvalue weighted by Crippen LogP contribution is 2.37. The van der Waals surface area contributed by atoms with Gasteiger partial charge in [0.1, 0.15) is 5.82 Å². The van der Waals surface area contributed by atoms with Crippen molar-refractivity contribution in [3.05, 3.63) is 58.6 Å². The Labute approximate surface area is 263 Å². The molecule has 0 atom stereocenters. The second-order valence-corrected chi connectivity index (χ2v) is 11.7. The summed E-state index contributed by atoms with van der Waals surface area (Å²) in [5, 5.41) is 6.02. The minimum atomic E-state index is -4.73. The number of alkyl halides is 3. The molecule has 15 heteroatoms. The van der Waals surface area contributed by atoms with Gasteiger partial charge in [-0.05, 0) is 56.3 Å². The summed E-state index contributed by atoms with van der Waals surface area (Å²) < 4.78 is 42.9. The highest BCUT2D eigenvalue weighted by atomic mass is 35.5. The molecule has 5 rings (SSSR count). The Bertz CT molecular complexity index is 1600. The number of piperazine rings is 1. The van der Waals surface area contributed by atoms with Gasteiger partial charge in [-0.15, -0.1) is 0 Å². The number of aromatic nitrogens is 3. The number of nitrogens with one attached hydrogen (secondary N) is 2. The number of benzene rings is 1. The summed E-state index contributed by atoms with van der Waals surface area (Å²) >= 11 is 6.46. The lowest BCUT2D eigenvalue weighted by atomic mass is 9.96. The average molecular weight is 647 g/mol. The predicted molar refractivity (Wildman–Crippen MR) is 163 cm³/mol. The van der Waals surface area contributed by atoms with E-state index in [-0.39, 0.29) is 56.9 Å². The zero-order chi connectivity index (χ0) is 32.5. The van der Waals surface area contributed by atoms with Gasteiger partial charge in [0, 0.05) is 64.5 Å². The number of carbonyl (C=O) groups is 3. The first-order valence-electron chi connectivity index (χ1n) is 14.5. The van der Waals surface area contributed by atoms with Crippen LogP contribution >= 0.6 is 11.6 Å². The molecule has 2 saturated heterocycles. The third-order valence-corrected chi connectivity index (χ3v) is 8.41. The fourth-order valence-electron chi connectivity index (χ4n) is 5.57. The van der Waals surface area contributed by atoms with Gasteiger partial charge in [-0.1, -0.05) is 11.6 Å². The maximum absolute atomic E-state index is 13.9. The summed E-state index contributed by atoms with van der Waals surface area (Å²) in [5.74, 6) is -0.805. The van der Waals surface area contributed by atoms with Crippen molar-refractivity contribution in [2.45, 2.75) is 19.0 Å². The van der Waals surface area contributed by atoms with Crippen molar-refractivity contribution in [1.29, 1.82) is 0 Å². The van der Waals surface area contributed by atoms with Gasteiger partial charge in [0.15, 0.2) is 11.5 Å². The predicted octanol–water partition coefficient (Wildman–Crippen LogP) is 3.76. The van der Waals surface area contributed by atoms with E-state index < -0.39 is 17.8 Å². The van der Waals surface area contributed by atoms with Crippen molar-refractivity contribution in [2.75, 3.05) is 63.6 Å². The van der Waals surface area contributed by atoms with Gasteiger partial charge < -0.3 is 29.9 Å². The Morgan fingerprint density at radius 1 is 1.02 bits per heavy atom. The molecule has 4 heterocycles. The maximum Gasteiger partial charge on any atom is 0.434 e. The third kappa shape index (κ3) is 6.91. The van der Waals surface area contributed by atoms with E-state index in [2.05, 4.69) is 20.6 Å². The Hall–Kier alpha value is -4.17. The molecule has 0 bridgehead atoms. The van der Waals surface area contributed by atoms with Crippen molar-refractivity contribution < 1.29 is 27.6 Å². The Kier molecular flexibility index (Phi) is 9.35. The topological polar surface area (TPSA) is 116 Å². The van der Waals surface area contributed by atoms with Gasteiger partial charge in [-0.3, -0.25) is 14.4 Å². The number of rotatable bonds is 6. The van der Waals surface area contributed by atoms with E-state index in [9.17, 15) is 27.6 Å². The molecule has 0 spiro atoms. The molecule has 0 unspecified atom stereocenters. The first kappa shape index (κ1) is 32.2. The number of amides is 3. The van der Waals surface area contributed by atoms with E-state index in [1.54, 1.807) is 19.0 Å². The molecule has 2 aliphatic heterocycles. The van der Waals surface area contributed by atoms with Gasteiger partial charge >= 0.3 is 6.18 Å². The Morgan fingerprint density at radius 3 is 2.31 bits per heavy atom. The Morgan fingerprint density at radius 2 is 1.69 bits per heavy atom. The lowest BCUT2D eigenvalue weighted by Crippen LogP contribution is -2.52. The van der Waals surface area contributed by atoms with Gasteiger partial charge in [0.25, 0.3) is 11.8 Å². The lowest BCUT2D eigenvalue weighted by molar-refractivity contribution is -0.140. The van der Waals surface area contributed by atoms with Crippen LogP contribution in [0.1, 0.15) is 39.5 Å². The lowest BCUT2D eigenvalue weighted by Gasteiger charge is -2.37. The van der Waals surface area contributed by atoms with Crippen LogP contribution in [0.15, 0.2) is 36.5 Å². The molecule has 2 N–H and O–H groups in total. The monoisotopic (exact) mass is 646 g/mol. The van der Waals surface area contributed by atoms with Crippen LogP contribution in [0.25, 0.3) is 11.3 Å². The third-order valence-electron chi connectivity index (χ3n) is 8.10. The molecule has 45 heavy (non-hydrogen) atoms. The van der Waals surface area contributed by atoms with Crippen LogP contribution in [-0.2, 0) is 18.0 Å². The van der Waals surface area contributed by atoms with E-state index in [1.165, 1.54) is 53.0 Å². The van der Waals surface area contributed by atoms with Crippen molar-refractivity contribution >= 4 is 40.8 Å². The highest BCUT2D eigenvalue weighted by Gasteiger charge is 2.37. The minimum absolute atomic E-state index is 0.0204. The maximum atomic E-state index is 13.9. The normalized spacial score (nSPS) is 16.1.